The van der Waals surface area contributed by atoms with Gasteiger partial charge in [-0.1, -0.05) is 61.2 Å². The number of halogens is 1. The van der Waals surface area contributed by atoms with Gasteiger partial charge in [-0.2, -0.15) is 0 Å². The van der Waals surface area contributed by atoms with Crippen molar-refractivity contribution < 1.29 is 14.8 Å². The molecule has 0 radical (unpaired) electrons. The number of nitro groups is 1. The van der Waals surface area contributed by atoms with Crippen LogP contribution in [0.15, 0.2) is 48.5 Å². The first-order chi connectivity index (χ1) is 14.0. The molecule has 1 aliphatic rings. The molecule has 1 unspecified atom stereocenters. The molecule has 154 valence electrons. The van der Waals surface area contributed by atoms with Crippen LogP contribution in [0.4, 0.5) is 16.2 Å². The van der Waals surface area contributed by atoms with Crippen molar-refractivity contribution >= 4 is 29.0 Å². The highest BCUT2D eigenvalue weighted by atomic mass is 35.5. The normalized spacial score (nSPS) is 15.5. The Morgan fingerprint density at radius 1 is 1.21 bits per heavy atom. The molecule has 2 aromatic rings. The lowest BCUT2D eigenvalue weighted by Crippen LogP contribution is -2.46. The molecular weight excluding hydrogens is 394 g/mol. The van der Waals surface area contributed by atoms with Crippen molar-refractivity contribution in [2.75, 3.05) is 11.9 Å². The van der Waals surface area contributed by atoms with E-state index in [1.165, 1.54) is 18.2 Å². The second kappa shape index (κ2) is 9.71. The van der Waals surface area contributed by atoms with Crippen molar-refractivity contribution in [2.45, 2.75) is 44.2 Å². The lowest BCUT2D eigenvalue weighted by atomic mass is 9.94. The third kappa shape index (κ3) is 5.46. The Kier molecular flexibility index (Phi) is 7.06. The summed E-state index contributed by atoms with van der Waals surface area (Å²) in [5, 5.41) is 24.5. The minimum atomic E-state index is -0.816. The van der Waals surface area contributed by atoms with Crippen LogP contribution >= 0.6 is 11.6 Å². The van der Waals surface area contributed by atoms with Crippen LogP contribution in [0.3, 0.4) is 0 Å². The number of nitrogens with one attached hydrogen (secondary N) is 1. The number of carbonyl (C=O) groups is 1. The van der Waals surface area contributed by atoms with Crippen LogP contribution in [0, 0.1) is 10.1 Å². The largest absolute Gasteiger partial charge is 0.387 e. The first kappa shape index (κ1) is 21.1. The Bertz CT molecular complexity index is 856. The number of nitro benzene ring substituents is 1. The van der Waals surface area contributed by atoms with E-state index < -0.39 is 11.0 Å². The quantitative estimate of drug-likeness (QED) is 0.501. The van der Waals surface area contributed by atoms with Crippen molar-refractivity contribution in [3.05, 3.63) is 69.2 Å². The van der Waals surface area contributed by atoms with Crippen LogP contribution in [0.5, 0.6) is 0 Å². The third-order valence-corrected chi connectivity index (χ3v) is 5.54. The van der Waals surface area contributed by atoms with Crippen molar-refractivity contribution in [3.8, 4) is 0 Å². The number of hydrogen-bond donors (Lipinski definition) is 2. The number of amides is 2. The van der Waals surface area contributed by atoms with Crippen LogP contribution in [0.2, 0.25) is 5.02 Å². The Morgan fingerprint density at radius 2 is 1.90 bits per heavy atom. The maximum absolute atomic E-state index is 13.0. The van der Waals surface area contributed by atoms with E-state index in [1.54, 1.807) is 4.90 Å². The molecule has 0 aromatic heterocycles. The number of aliphatic hydroxyl groups is 1. The predicted octanol–water partition coefficient (Wildman–Crippen LogP) is 5.15. The molecule has 3 rings (SSSR count). The molecule has 2 N–H and O–H groups in total. The monoisotopic (exact) mass is 417 g/mol. The van der Waals surface area contributed by atoms with Gasteiger partial charge in [0.2, 0.25) is 0 Å². The average Bonchev–Trinajstić information content (AvgIpc) is 2.74. The number of rotatable bonds is 6. The van der Waals surface area contributed by atoms with E-state index in [2.05, 4.69) is 5.32 Å². The van der Waals surface area contributed by atoms with Crippen molar-refractivity contribution in [2.24, 2.45) is 0 Å². The molecule has 2 amide bonds. The minimum absolute atomic E-state index is 0.0108. The molecule has 29 heavy (non-hydrogen) atoms. The first-order valence-corrected chi connectivity index (χ1v) is 10.1. The molecule has 7 nitrogen and oxygen atoms in total. The van der Waals surface area contributed by atoms with Gasteiger partial charge in [0.1, 0.15) is 5.02 Å². The fourth-order valence-electron chi connectivity index (χ4n) is 3.68. The second-order valence-corrected chi connectivity index (χ2v) is 7.63. The van der Waals surface area contributed by atoms with Crippen molar-refractivity contribution in [1.82, 2.24) is 4.90 Å². The fourth-order valence-corrected chi connectivity index (χ4v) is 3.87. The van der Waals surface area contributed by atoms with Crippen molar-refractivity contribution in [3.63, 3.8) is 0 Å². The number of aliphatic hydroxyl groups excluding tert-OH is 1. The minimum Gasteiger partial charge on any atom is -0.387 e. The van der Waals surface area contributed by atoms with E-state index in [-0.39, 0.29) is 29.3 Å². The summed E-state index contributed by atoms with van der Waals surface area (Å²) in [5.41, 5.74) is 0.766. The van der Waals surface area contributed by atoms with E-state index in [4.69, 9.17) is 11.6 Å². The smallest absolute Gasteiger partial charge is 0.322 e. The van der Waals surface area contributed by atoms with E-state index >= 15 is 0 Å². The molecule has 8 heteroatoms. The summed E-state index contributed by atoms with van der Waals surface area (Å²) in [6.45, 7) is 0.149. The van der Waals surface area contributed by atoms with Gasteiger partial charge in [0.05, 0.1) is 17.6 Å². The molecule has 1 aliphatic carbocycles. The maximum Gasteiger partial charge on any atom is 0.322 e. The van der Waals surface area contributed by atoms with E-state index in [0.717, 1.165) is 37.7 Å². The summed E-state index contributed by atoms with van der Waals surface area (Å²) >= 11 is 5.85. The zero-order chi connectivity index (χ0) is 20.8. The highest BCUT2D eigenvalue weighted by Gasteiger charge is 2.28. The Balaban J connectivity index is 1.78. The van der Waals surface area contributed by atoms with Gasteiger partial charge < -0.3 is 15.3 Å². The average molecular weight is 418 g/mol. The standard InChI is InChI=1S/C21H24ClN3O4/c22-18-12-11-16(13-19(18)25(28)29)23-21(27)24(17-9-5-2-6-10-17)14-20(26)15-7-3-1-4-8-15/h1,3-4,7-8,11-13,17,20,26H,2,5-6,9-10,14H2,(H,23,27). The van der Waals surface area contributed by atoms with E-state index in [1.807, 2.05) is 30.3 Å². The topological polar surface area (TPSA) is 95.7 Å². The predicted molar refractivity (Wildman–Crippen MR) is 112 cm³/mol. The van der Waals surface area contributed by atoms with Gasteiger partial charge in [-0.15, -0.1) is 0 Å². The fraction of sp³-hybridized carbons (Fsp3) is 0.381. The Hall–Kier alpha value is -2.64. The number of urea groups is 1. The van der Waals surface area contributed by atoms with Crippen LogP contribution < -0.4 is 5.32 Å². The molecule has 0 heterocycles. The summed E-state index contributed by atoms with van der Waals surface area (Å²) in [5.74, 6) is 0. The first-order valence-electron chi connectivity index (χ1n) is 9.70. The highest BCUT2D eigenvalue weighted by molar-refractivity contribution is 6.32. The van der Waals surface area contributed by atoms with Gasteiger partial charge >= 0.3 is 6.03 Å². The van der Waals surface area contributed by atoms with Crippen LogP contribution in [-0.4, -0.2) is 33.5 Å². The van der Waals surface area contributed by atoms with Gasteiger partial charge in [-0.25, -0.2) is 4.79 Å². The number of hydrogen-bond acceptors (Lipinski definition) is 4. The van der Waals surface area contributed by atoms with Crippen LogP contribution in [-0.2, 0) is 0 Å². The molecule has 1 atom stereocenters. The lowest BCUT2D eigenvalue weighted by molar-refractivity contribution is -0.384. The SMILES string of the molecule is O=C(Nc1ccc(Cl)c([N+](=O)[O-])c1)N(CC(O)c1ccccc1)C1CCCCC1. The summed E-state index contributed by atoms with van der Waals surface area (Å²) in [4.78, 5) is 25.2. The molecular formula is C21H24ClN3O4. The summed E-state index contributed by atoms with van der Waals surface area (Å²) in [6.07, 6.45) is 4.12. The summed E-state index contributed by atoms with van der Waals surface area (Å²) in [7, 11) is 0. The summed E-state index contributed by atoms with van der Waals surface area (Å²) < 4.78 is 0. The lowest BCUT2D eigenvalue weighted by Gasteiger charge is -2.35. The summed E-state index contributed by atoms with van der Waals surface area (Å²) in [6, 6.07) is 13.0. The molecule has 2 aromatic carbocycles. The molecule has 0 saturated heterocycles. The molecule has 0 bridgehead atoms. The van der Waals surface area contributed by atoms with E-state index in [0.29, 0.717) is 5.69 Å². The van der Waals surface area contributed by atoms with Gasteiger partial charge in [-0.05, 0) is 30.5 Å². The molecule has 1 saturated carbocycles. The van der Waals surface area contributed by atoms with E-state index in [9.17, 15) is 20.0 Å². The Morgan fingerprint density at radius 3 is 2.55 bits per heavy atom. The van der Waals surface area contributed by atoms with Gasteiger partial charge in [-0.3, -0.25) is 10.1 Å². The molecule has 0 aliphatic heterocycles. The number of anilines is 1. The van der Waals surface area contributed by atoms with Gasteiger partial charge in [0.15, 0.2) is 0 Å². The number of carbonyl (C=O) groups excluding carboxylic acids is 1. The molecule has 0 spiro atoms. The zero-order valence-electron chi connectivity index (χ0n) is 16.0. The van der Waals surface area contributed by atoms with Crippen LogP contribution in [0.1, 0.15) is 43.8 Å². The van der Waals surface area contributed by atoms with Gasteiger partial charge in [0, 0.05) is 17.8 Å². The highest BCUT2D eigenvalue weighted by Crippen LogP contribution is 2.29. The third-order valence-electron chi connectivity index (χ3n) is 5.22. The van der Waals surface area contributed by atoms with Crippen molar-refractivity contribution in [1.29, 1.82) is 0 Å². The maximum atomic E-state index is 13.0. The van der Waals surface area contributed by atoms with Crippen LogP contribution in [0.25, 0.3) is 0 Å². The van der Waals surface area contributed by atoms with Gasteiger partial charge in [0.25, 0.3) is 5.69 Å². The Labute approximate surface area is 174 Å². The molecule has 1 fully saturated rings. The second-order valence-electron chi connectivity index (χ2n) is 7.22. The number of nitrogens with zero attached hydrogens (tertiary/aromatic N) is 2. The number of benzene rings is 2. The zero-order valence-corrected chi connectivity index (χ0v) is 16.7.